The van der Waals surface area contributed by atoms with E-state index in [9.17, 15) is 0 Å². The van der Waals surface area contributed by atoms with Crippen LogP contribution in [-0.4, -0.2) is 3.21 Å². The van der Waals surface area contributed by atoms with Crippen LogP contribution in [0.4, 0.5) is 0 Å². The second kappa shape index (κ2) is 11.8. The van der Waals surface area contributed by atoms with Crippen molar-refractivity contribution < 1.29 is 21.3 Å². The van der Waals surface area contributed by atoms with Gasteiger partial charge in [-0.25, -0.2) is 0 Å². The Hall–Kier alpha value is -1.43. The van der Waals surface area contributed by atoms with Gasteiger partial charge in [-0.3, -0.25) is 0 Å². The first-order valence-corrected chi connectivity index (χ1v) is 21.0. The molecular weight excluding hydrogens is 813 g/mol. The zero-order valence-electron chi connectivity index (χ0n) is 25.3. The molecule has 0 saturated heterocycles. The van der Waals surface area contributed by atoms with Crippen molar-refractivity contribution in [3.8, 4) is 11.1 Å². The molecule has 4 aromatic rings. The molecule has 0 N–H and O–H groups in total. The molecule has 212 valence electrons. The van der Waals surface area contributed by atoms with Crippen LogP contribution in [0.3, 0.4) is 0 Å². The van der Waals surface area contributed by atoms with Crippen LogP contribution >= 0.6 is 45.2 Å². The number of fused-ring (bicyclic) bond motifs is 3. The molecule has 4 aromatic carbocycles. The molecular formula is C39H38I2Zr. The second-order valence-corrected chi connectivity index (χ2v) is 22.7. The third-order valence-corrected chi connectivity index (χ3v) is 18.8. The van der Waals surface area contributed by atoms with Crippen molar-refractivity contribution in [2.75, 3.05) is 0 Å². The SMILES string of the molecule is CC(C)(C)c1ccc2c(c1)-c1cc(C(C)(C)C)ccc1[CH]2[Zr](=[C](c1ccc(I)cc1)c1ccc(I)cc1)[CH]1C=CC=C1. The monoisotopic (exact) mass is 850 g/mol. The fourth-order valence-corrected chi connectivity index (χ4v) is 16.5. The first kappa shape index (κ1) is 30.6. The Balaban J connectivity index is 1.71. The van der Waals surface area contributed by atoms with Gasteiger partial charge in [-0.15, -0.1) is 0 Å². The number of hydrogen-bond acceptors (Lipinski definition) is 0. The Bertz CT molecular complexity index is 1620. The van der Waals surface area contributed by atoms with E-state index in [1.54, 1.807) is 14.3 Å². The van der Waals surface area contributed by atoms with Crippen molar-refractivity contribution in [1.82, 2.24) is 0 Å². The topological polar surface area (TPSA) is 0 Å². The Morgan fingerprint density at radius 3 is 1.36 bits per heavy atom. The van der Waals surface area contributed by atoms with E-state index in [1.165, 1.54) is 40.5 Å². The first-order valence-electron chi connectivity index (χ1n) is 14.8. The van der Waals surface area contributed by atoms with Crippen molar-refractivity contribution in [2.45, 2.75) is 59.6 Å². The van der Waals surface area contributed by atoms with E-state index < -0.39 is 21.3 Å². The molecule has 3 heteroatoms. The molecule has 6 rings (SSSR count). The van der Waals surface area contributed by atoms with E-state index in [2.05, 4.69) is 196 Å². The van der Waals surface area contributed by atoms with E-state index in [-0.39, 0.29) is 10.8 Å². The van der Waals surface area contributed by atoms with Crippen LogP contribution < -0.4 is 0 Å². The van der Waals surface area contributed by atoms with Crippen molar-refractivity contribution in [3.63, 3.8) is 0 Å². The van der Waals surface area contributed by atoms with Gasteiger partial charge in [0.25, 0.3) is 0 Å². The summed E-state index contributed by atoms with van der Waals surface area (Å²) in [5.74, 6) is 0. The molecule has 2 aliphatic carbocycles. The molecule has 0 amide bonds. The van der Waals surface area contributed by atoms with Crippen LogP contribution in [0.2, 0.25) is 3.63 Å². The van der Waals surface area contributed by atoms with Crippen LogP contribution in [0.5, 0.6) is 0 Å². The van der Waals surface area contributed by atoms with Gasteiger partial charge in [0.1, 0.15) is 0 Å². The molecule has 2 aliphatic rings. The van der Waals surface area contributed by atoms with Gasteiger partial charge in [0.05, 0.1) is 0 Å². The van der Waals surface area contributed by atoms with E-state index in [1.807, 2.05) is 0 Å². The van der Waals surface area contributed by atoms with Gasteiger partial charge < -0.3 is 0 Å². The summed E-state index contributed by atoms with van der Waals surface area (Å²) in [4.78, 5) is 0. The summed E-state index contributed by atoms with van der Waals surface area (Å²) < 4.78 is 5.12. The molecule has 0 fully saturated rings. The van der Waals surface area contributed by atoms with Gasteiger partial charge in [0.2, 0.25) is 0 Å². The fourth-order valence-electron chi connectivity index (χ4n) is 6.39. The Kier molecular flexibility index (Phi) is 8.61. The van der Waals surface area contributed by atoms with E-state index in [4.69, 9.17) is 0 Å². The third-order valence-electron chi connectivity index (χ3n) is 8.72. The van der Waals surface area contributed by atoms with Gasteiger partial charge in [-0.05, 0) is 0 Å². The molecule has 0 unspecified atom stereocenters. The van der Waals surface area contributed by atoms with Crippen molar-refractivity contribution in [1.29, 1.82) is 0 Å². The standard InChI is InChI=1S/C21H25.C13H8I2.C5H5.Zr/c1-20(2,3)16-9-7-14-11-15-8-10-17(21(4,5)6)13-19(15)18(14)12-16;14-12-5-1-10(2-6-12)9-11-3-7-13(15)8-4-11;1-2-4-5-3-1;/h7-13H,1-6H3;1-8H;1-5H;. The predicted octanol–water partition coefficient (Wildman–Crippen LogP) is 11.4. The Morgan fingerprint density at radius 1 is 0.571 bits per heavy atom. The summed E-state index contributed by atoms with van der Waals surface area (Å²) in [5.41, 5.74) is 11.8. The average molecular weight is 852 g/mol. The van der Waals surface area contributed by atoms with Gasteiger partial charge in [-0.2, -0.15) is 0 Å². The summed E-state index contributed by atoms with van der Waals surface area (Å²) in [7, 11) is 0. The number of benzene rings is 4. The zero-order valence-corrected chi connectivity index (χ0v) is 32.1. The van der Waals surface area contributed by atoms with Crippen LogP contribution in [0.25, 0.3) is 11.1 Å². The maximum absolute atomic E-state index is 2.63. The number of hydrogen-bond donors (Lipinski definition) is 0. The van der Waals surface area contributed by atoms with Crippen LogP contribution in [0.15, 0.2) is 109 Å². The minimum absolute atomic E-state index is 0.104. The number of allylic oxidation sites excluding steroid dienone is 4. The van der Waals surface area contributed by atoms with Gasteiger partial charge >= 0.3 is 290 Å². The summed E-state index contributed by atoms with van der Waals surface area (Å²) in [6, 6.07) is 33.5. The summed E-state index contributed by atoms with van der Waals surface area (Å²) in [6.07, 6.45) is 9.57. The minimum atomic E-state index is -2.63. The van der Waals surface area contributed by atoms with Gasteiger partial charge in [-0.1, -0.05) is 0 Å². The molecule has 0 spiro atoms. The van der Waals surface area contributed by atoms with Crippen LogP contribution in [-0.2, 0) is 32.1 Å². The zero-order chi connectivity index (χ0) is 29.8. The molecule has 0 nitrogen and oxygen atoms in total. The number of halogens is 2. The Labute approximate surface area is 287 Å². The fraction of sp³-hybridized carbons (Fsp3) is 0.256. The molecule has 0 aromatic heterocycles. The summed E-state index contributed by atoms with van der Waals surface area (Å²) in [6.45, 7) is 14.0. The van der Waals surface area contributed by atoms with Crippen LogP contribution in [0.1, 0.15) is 78.5 Å². The van der Waals surface area contributed by atoms with Crippen molar-refractivity contribution in [3.05, 3.63) is 150 Å². The van der Waals surface area contributed by atoms with Crippen molar-refractivity contribution >= 4 is 48.4 Å². The molecule has 0 atom stereocenters. The summed E-state index contributed by atoms with van der Waals surface area (Å²) in [5, 5.41) is 0. The molecule has 0 heterocycles. The third kappa shape index (κ3) is 5.96. The molecule has 0 aliphatic heterocycles. The molecule has 0 bridgehead atoms. The second-order valence-electron chi connectivity index (χ2n) is 13.7. The first-order chi connectivity index (χ1) is 19.9. The normalized spacial score (nSPS) is 14.8. The van der Waals surface area contributed by atoms with E-state index in [0.29, 0.717) is 7.25 Å². The van der Waals surface area contributed by atoms with Crippen LogP contribution in [0, 0.1) is 7.14 Å². The van der Waals surface area contributed by atoms with E-state index in [0.717, 1.165) is 0 Å². The quantitative estimate of drug-likeness (QED) is 0.180. The van der Waals surface area contributed by atoms with Crippen molar-refractivity contribution in [2.24, 2.45) is 0 Å². The van der Waals surface area contributed by atoms with E-state index >= 15 is 0 Å². The predicted molar refractivity (Wildman–Crippen MR) is 195 cm³/mol. The molecule has 0 saturated carbocycles. The maximum atomic E-state index is 2.52. The number of rotatable bonds is 4. The van der Waals surface area contributed by atoms with Gasteiger partial charge in [0, 0.05) is 0 Å². The average Bonchev–Trinajstić information content (AvgIpc) is 3.58. The Morgan fingerprint density at radius 2 is 0.976 bits per heavy atom. The van der Waals surface area contributed by atoms with Gasteiger partial charge in [0.15, 0.2) is 0 Å². The molecule has 42 heavy (non-hydrogen) atoms. The molecule has 0 radical (unpaired) electrons. The summed E-state index contributed by atoms with van der Waals surface area (Å²) >= 11 is 2.24.